The van der Waals surface area contributed by atoms with E-state index in [2.05, 4.69) is 5.32 Å². The van der Waals surface area contributed by atoms with Crippen molar-refractivity contribution in [1.82, 2.24) is 5.32 Å². The van der Waals surface area contributed by atoms with Crippen LogP contribution in [0.3, 0.4) is 0 Å². The molecule has 0 bridgehead atoms. The summed E-state index contributed by atoms with van der Waals surface area (Å²) in [7, 11) is 0. The van der Waals surface area contributed by atoms with E-state index in [-0.39, 0.29) is 6.42 Å². The van der Waals surface area contributed by atoms with E-state index in [0.29, 0.717) is 12.4 Å². The number of benzene rings is 1. The van der Waals surface area contributed by atoms with Crippen molar-refractivity contribution in [2.45, 2.75) is 45.8 Å². The lowest BCUT2D eigenvalue weighted by atomic mass is 10.0. The molecule has 0 saturated carbocycles. The van der Waals surface area contributed by atoms with Gasteiger partial charge in [-0.1, -0.05) is 12.1 Å². The fourth-order valence-corrected chi connectivity index (χ4v) is 1.81. The van der Waals surface area contributed by atoms with Crippen LogP contribution in [-0.4, -0.2) is 24.6 Å². The topological polar surface area (TPSA) is 64.6 Å². The second-order valence-corrected chi connectivity index (χ2v) is 5.61. The van der Waals surface area contributed by atoms with Crippen LogP contribution in [0.1, 0.15) is 45.7 Å². The smallest absolute Gasteiger partial charge is 0.408 e. The van der Waals surface area contributed by atoms with Crippen molar-refractivity contribution in [3.05, 3.63) is 29.8 Å². The highest BCUT2D eigenvalue weighted by atomic mass is 16.6. The third-order valence-corrected chi connectivity index (χ3v) is 2.59. The maximum absolute atomic E-state index is 11.8. The number of aldehydes is 1. The van der Waals surface area contributed by atoms with E-state index in [1.54, 1.807) is 20.8 Å². The molecule has 0 aliphatic rings. The Balaban J connectivity index is 2.83. The minimum Gasteiger partial charge on any atom is -0.494 e. The normalized spacial score (nSPS) is 12.4. The van der Waals surface area contributed by atoms with Gasteiger partial charge in [-0.25, -0.2) is 4.79 Å². The Kier molecular flexibility index (Phi) is 6.21. The number of carbonyl (C=O) groups is 2. The standard InChI is InChI=1S/C16H23NO4/c1-5-20-13-8-6-7-12(11-13)14(9-10-18)17-15(19)21-16(2,3)4/h6-8,10-11,14H,5,9H2,1-4H3,(H,17,19)/t14-/m0/s1. The third kappa shape index (κ3) is 6.29. The summed E-state index contributed by atoms with van der Waals surface area (Å²) in [4.78, 5) is 22.7. The Morgan fingerprint density at radius 1 is 1.38 bits per heavy atom. The summed E-state index contributed by atoms with van der Waals surface area (Å²) in [5.41, 5.74) is 0.224. The Bertz CT molecular complexity index is 479. The largest absolute Gasteiger partial charge is 0.494 e. The van der Waals surface area contributed by atoms with E-state index in [9.17, 15) is 9.59 Å². The molecule has 1 aromatic rings. The molecule has 116 valence electrons. The molecule has 1 amide bonds. The molecule has 0 aromatic heterocycles. The number of alkyl carbamates (subject to hydrolysis) is 1. The van der Waals surface area contributed by atoms with Gasteiger partial charge in [0.1, 0.15) is 17.6 Å². The molecule has 1 aromatic carbocycles. The molecule has 0 radical (unpaired) electrons. The quantitative estimate of drug-likeness (QED) is 0.818. The van der Waals surface area contributed by atoms with Crippen molar-refractivity contribution in [2.24, 2.45) is 0 Å². The molecule has 0 fully saturated rings. The molecular weight excluding hydrogens is 270 g/mol. The van der Waals surface area contributed by atoms with E-state index >= 15 is 0 Å². The zero-order valence-corrected chi connectivity index (χ0v) is 13.0. The average molecular weight is 293 g/mol. The van der Waals surface area contributed by atoms with Gasteiger partial charge in [0.05, 0.1) is 12.6 Å². The molecule has 1 atom stereocenters. The fraction of sp³-hybridized carbons (Fsp3) is 0.500. The van der Waals surface area contributed by atoms with E-state index < -0.39 is 17.7 Å². The zero-order chi connectivity index (χ0) is 15.9. The van der Waals surface area contributed by atoms with Crippen molar-refractivity contribution in [3.8, 4) is 5.75 Å². The summed E-state index contributed by atoms with van der Waals surface area (Å²) in [5.74, 6) is 0.705. The van der Waals surface area contributed by atoms with Crippen LogP contribution >= 0.6 is 0 Å². The lowest BCUT2D eigenvalue weighted by Gasteiger charge is -2.23. The summed E-state index contributed by atoms with van der Waals surface area (Å²) in [6.45, 7) is 7.82. The van der Waals surface area contributed by atoms with Crippen molar-refractivity contribution >= 4 is 12.4 Å². The maximum Gasteiger partial charge on any atom is 0.408 e. The van der Waals surface area contributed by atoms with Crippen LogP contribution in [0.4, 0.5) is 4.79 Å². The molecule has 0 aliphatic carbocycles. The van der Waals surface area contributed by atoms with Crippen LogP contribution in [0.5, 0.6) is 5.75 Å². The molecule has 0 aliphatic heterocycles. The van der Waals surface area contributed by atoms with Crippen molar-refractivity contribution in [1.29, 1.82) is 0 Å². The van der Waals surface area contributed by atoms with Crippen molar-refractivity contribution in [2.75, 3.05) is 6.61 Å². The van der Waals surface area contributed by atoms with Gasteiger partial charge in [0, 0.05) is 6.42 Å². The first-order valence-corrected chi connectivity index (χ1v) is 7.01. The highest BCUT2D eigenvalue weighted by molar-refractivity contribution is 5.69. The van der Waals surface area contributed by atoms with Gasteiger partial charge in [0.25, 0.3) is 0 Å². The maximum atomic E-state index is 11.8. The van der Waals surface area contributed by atoms with Gasteiger partial charge in [0.15, 0.2) is 0 Å². The van der Waals surface area contributed by atoms with Crippen LogP contribution in [0.25, 0.3) is 0 Å². The average Bonchev–Trinajstić information content (AvgIpc) is 2.37. The van der Waals surface area contributed by atoms with E-state index in [4.69, 9.17) is 9.47 Å². The summed E-state index contributed by atoms with van der Waals surface area (Å²) in [6, 6.07) is 6.88. The molecule has 1 rings (SSSR count). The first kappa shape index (κ1) is 17.0. The molecule has 1 N–H and O–H groups in total. The van der Waals surface area contributed by atoms with E-state index in [0.717, 1.165) is 11.8 Å². The third-order valence-electron chi connectivity index (χ3n) is 2.59. The minimum absolute atomic E-state index is 0.175. The molecule has 0 heterocycles. The number of hydrogen-bond acceptors (Lipinski definition) is 4. The van der Waals surface area contributed by atoms with Gasteiger partial charge in [-0.15, -0.1) is 0 Å². The first-order valence-electron chi connectivity index (χ1n) is 7.01. The van der Waals surface area contributed by atoms with Crippen LogP contribution in [0, 0.1) is 0 Å². The molecule has 5 nitrogen and oxygen atoms in total. The summed E-state index contributed by atoms with van der Waals surface area (Å²) in [5, 5.41) is 2.71. The molecule has 0 saturated heterocycles. The predicted molar refractivity (Wildman–Crippen MR) is 80.4 cm³/mol. The Hall–Kier alpha value is -2.04. The summed E-state index contributed by atoms with van der Waals surface area (Å²) >= 11 is 0. The molecule has 0 unspecified atom stereocenters. The second kappa shape index (κ2) is 7.67. The fourth-order valence-electron chi connectivity index (χ4n) is 1.81. The molecule has 21 heavy (non-hydrogen) atoms. The number of amides is 1. The lowest BCUT2D eigenvalue weighted by Crippen LogP contribution is -2.35. The number of hydrogen-bond donors (Lipinski definition) is 1. The SMILES string of the molecule is CCOc1cccc([C@H](CC=O)NC(=O)OC(C)(C)C)c1. The van der Waals surface area contributed by atoms with Gasteiger partial charge in [0.2, 0.25) is 0 Å². The Morgan fingerprint density at radius 3 is 2.67 bits per heavy atom. The van der Waals surface area contributed by atoms with Gasteiger partial charge in [-0.2, -0.15) is 0 Å². The van der Waals surface area contributed by atoms with Gasteiger partial charge < -0.3 is 19.6 Å². The monoisotopic (exact) mass is 293 g/mol. The van der Waals surface area contributed by atoms with Gasteiger partial charge in [-0.05, 0) is 45.4 Å². The second-order valence-electron chi connectivity index (χ2n) is 5.61. The Morgan fingerprint density at radius 2 is 2.10 bits per heavy atom. The number of carbonyl (C=O) groups excluding carboxylic acids is 2. The van der Waals surface area contributed by atoms with E-state index in [1.165, 1.54) is 0 Å². The minimum atomic E-state index is -0.580. The Labute approximate surface area is 125 Å². The highest BCUT2D eigenvalue weighted by Crippen LogP contribution is 2.22. The predicted octanol–water partition coefficient (Wildman–Crippen LogP) is 3.24. The number of ether oxygens (including phenoxy) is 2. The number of rotatable bonds is 6. The van der Waals surface area contributed by atoms with Crippen LogP contribution in [0.2, 0.25) is 0 Å². The number of nitrogens with one attached hydrogen (secondary N) is 1. The molecule has 0 spiro atoms. The van der Waals surface area contributed by atoms with Crippen molar-refractivity contribution in [3.63, 3.8) is 0 Å². The lowest BCUT2D eigenvalue weighted by molar-refractivity contribution is -0.108. The van der Waals surface area contributed by atoms with E-state index in [1.807, 2.05) is 31.2 Å². The molecule has 5 heteroatoms. The van der Waals surface area contributed by atoms with Crippen LogP contribution in [0.15, 0.2) is 24.3 Å². The van der Waals surface area contributed by atoms with Crippen LogP contribution < -0.4 is 10.1 Å². The zero-order valence-electron chi connectivity index (χ0n) is 13.0. The highest BCUT2D eigenvalue weighted by Gasteiger charge is 2.20. The first-order chi connectivity index (χ1) is 9.85. The molecular formula is C16H23NO4. The van der Waals surface area contributed by atoms with Gasteiger partial charge in [-0.3, -0.25) is 0 Å². The van der Waals surface area contributed by atoms with Gasteiger partial charge >= 0.3 is 6.09 Å². The summed E-state index contributed by atoms with van der Waals surface area (Å²) in [6.07, 6.45) is 0.403. The van der Waals surface area contributed by atoms with Crippen molar-refractivity contribution < 1.29 is 19.1 Å². The summed E-state index contributed by atoms with van der Waals surface area (Å²) < 4.78 is 10.6. The van der Waals surface area contributed by atoms with Crippen LogP contribution in [-0.2, 0) is 9.53 Å².